The summed E-state index contributed by atoms with van der Waals surface area (Å²) in [5, 5.41) is 12.7. The molecule has 2 aliphatic rings. The molecule has 2 heterocycles. The fraction of sp³-hybridized carbons (Fsp3) is 0.556. The zero-order valence-electron chi connectivity index (χ0n) is 14.2. The Morgan fingerprint density at radius 3 is 2.60 bits per heavy atom. The smallest absolute Gasteiger partial charge is 0.230 e. The molecule has 7 heteroatoms. The molecule has 132 valence electrons. The first-order chi connectivity index (χ1) is 12.3. The third-order valence-electron chi connectivity index (χ3n) is 4.82. The SMILES string of the molecule is O=C(CSc1nnc(-c2ccncc2)n1C1CC1)NC1CCCCC1. The van der Waals surface area contributed by atoms with Crippen molar-refractivity contribution in [2.45, 2.75) is 62.2 Å². The number of carbonyl (C=O) groups is 1. The lowest BCUT2D eigenvalue weighted by atomic mass is 9.95. The summed E-state index contributed by atoms with van der Waals surface area (Å²) >= 11 is 1.49. The first kappa shape index (κ1) is 16.6. The Kier molecular flexibility index (Phi) is 5.01. The zero-order chi connectivity index (χ0) is 17.1. The van der Waals surface area contributed by atoms with Gasteiger partial charge in [0, 0.05) is 30.0 Å². The van der Waals surface area contributed by atoms with Crippen LogP contribution in [0.5, 0.6) is 0 Å². The molecular formula is C18H23N5OS. The number of rotatable bonds is 6. The van der Waals surface area contributed by atoms with Crippen LogP contribution in [0.3, 0.4) is 0 Å². The van der Waals surface area contributed by atoms with Crippen LogP contribution in [0, 0.1) is 0 Å². The molecule has 2 saturated carbocycles. The molecule has 6 nitrogen and oxygen atoms in total. The lowest BCUT2D eigenvalue weighted by Crippen LogP contribution is -2.37. The van der Waals surface area contributed by atoms with Crippen molar-refractivity contribution >= 4 is 17.7 Å². The van der Waals surface area contributed by atoms with Gasteiger partial charge in [-0.2, -0.15) is 0 Å². The number of amides is 1. The third-order valence-corrected chi connectivity index (χ3v) is 5.76. The largest absolute Gasteiger partial charge is 0.353 e. The molecule has 2 aromatic rings. The fourth-order valence-electron chi connectivity index (χ4n) is 3.38. The molecular weight excluding hydrogens is 334 g/mol. The highest BCUT2D eigenvalue weighted by atomic mass is 32.2. The molecule has 2 fully saturated rings. The minimum atomic E-state index is 0.104. The summed E-state index contributed by atoms with van der Waals surface area (Å²) in [6.07, 6.45) is 11.8. The van der Waals surface area contributed by atoms with Gasteiger partial charge in [0.2, 0.25) is 5.91 Å². The van der Waals surface area contributed by atoms with E-state index in [0.717, 1.165) is 42.2 Å². The maximum atomic E-state index is 12.3. The summed E-state index contributed by atoms with van der Waals surface area (Å²) in [5.74, 6) is 1.38. The van der Waals surface area contributed by atoms with Gasteiger partial charge in [-0.3, -0.25) is 14.3 Å². The first-order valence-corrected chi connectivity index (χ1v) is 10.1. The number of nitrogens with one attached hydrogen (secondary N) is 1. The third kappa shape index (κ3) is 4.03. The second-order valence-electron chi connectivity index (χ2n) is 6.83. The molecule has 25 heavy (non-hydrogen) atoms. The number of hydrogen-bond donors (Lipinski definition) is 1. The number of thioether (sulfide) groups is 1. The minimum Gasteiger partial charge on any atom is -0.353 e. The maximum Gasteiger partial charge on any atom is 0.230 e. The van der Waals surface area contributed by atoms with Crippen molar-refractivity contribution in [3.8, 4) is 11.4 Å². The molecule has 0 saturated heterocycles. The van der Waals surface area contributed by atoms with Crippen LogP contribution in [0.2, 0.25) is 0 Å². The Hall–Kier alpha value is -1.89. The summed E-state index contributed by atoms with van der Waals surface area (Å²) in [7, 11) is 0. The van der Waals surface area contributed by atoms with Crippen LogP contribution in [0.25, 0.3) is 11.4 Å². The Morgan fingerprint density at radius 2 is 1.88 bits per heavy atom. The van der Waals surface area contributed by atoms with Crippen molar-refractivity contribution in [3.05, 3.63) is 24.5 Å². The molecule has 4 rings (SSSR count). The topological polar surface area (TPSA) is 72.7 Å². The molecule has 2 aromatic heterocycles. The van der Waals surface area contributed by atoms with E-state index in [1.165, 1.54) is 31.0 Å². The van der Waals surface area contributed by atoms with Gasteiger partial charge in [-0.25, -0.2) is 0 Å². The number of nitrogens with zero attached hydrogens (tertiary/aromatic N) is 4. The molecule has 0 aliphatic heterocycles. The van der Waals surface area contributed by atoms with Gasteiger partial charge in [-0.05, 0) is 37.8 Å². The van der Waals surface area contributed by atoms with Crippen LogP contribution in [0.15, 0.2) is 29.7 Å². The molecule has 0 aromatic carbocycles. The van der Waals surface area contributed by atoms with Gasteiger partial charge in [0.25, 0.3) is 0 Å². The van der Waals surface area contributed by atoms with Crippen molar-refractivity contribution in [3.63, 3.8) is 0 Å². The van der Waals surface area contributed by atoms with E-state index in [4.69, 9.17) is 0 Å². The highest BCUT2D eigenvalue weighted by molar-refractivity contribution is 7.99. The van der Waals surface area contributed by atoms with Crippen LogP contribution in [-0.2, 0) is 4.79 Å². The van der Waals surface area contributed by atoms with Gasteiger partial charge >= 0.3 is 0 Å². The van der Waals surface area contributed by atoms with Crippen LogP contribution >= 0.6 is 11.8 Å². The van der Waals surface area contributed by atoms with Crippen LogP contribution < -0.4 is 5.32 Å². The van der Waals surface area contributed by atoms with Gasteiger partial charge in [-0.1, -0.05) is 31.0 Å². The second kappa shape index (κ2) is 7.56. The van der Waals surface area contributed by atoms with Gasteiger partial charge in [-0.15, -0.1) is 10.2 Å². The fourth-order valence-corrected chi connectivity index (χ4v) is 4.20. The summed E-state index contributed by atoms with van der Waals surface area (Å²) in [5.41, 5.74) is 1.02. The lowest BCUT2D eigenvalue weighted by molar-refractivity contribution is -0.119. The van der Waals surface area contributed by atoms with E-state index in [0.29, 0.717) is 17.8 Å². The van der Waals surface area contributed by atoms with E-state index in [-0.39, 0.29) is 5.91 Å². The summed E-state index contributed by atoms with van der Waals surface area (Å²) < 4.78 is 2.19. The predicted molar refractivity (Wildman–Crippen MR) is 97.3 cm³/mol. The van der Waals surface area contributed by atoms with Crippen molar-refractivity contribution in [2.75, 3.05) is 5.75 Å². The average molecular weight is 357 g/mol. The van der Waals surface area contributed by atoms with Gasteiger partial charge < -0.3 is 5.32 Å². The zero-order valence-corrected chi connectivity index (χ0v) is 15.0. The van der Waals surface area contributed by atoms with Crippen LogP contribution in [-0.4, -0.2) is 37.5 Å². The quantitative estimate of drug-likeness (QED) is 0.804. The molecule has 1 amide bonds. The highest BCUT2D eigenvalue weighted by Gasteiger charge is 2.30. The van der Waals surface area contributed by atoms with E-state index in [1.807, 2.05) is 12.1 Å². The summed E-state index contributed by atoms with van der Waals surface area (Å²) in [6.45, 7) is 0. The first-order valence-electron chi connectivity index (χ1n) is 9.09. The lowest BCUT2D eigenvalue weighted by Gasteiger charge is -2.22. The molecule has 0 unspecified atom stereocenters. The standard InChI is InChI=1S/C18H23N5OS/c24-16(20-14-4-2-1-3-5-14)12-25-18-22-21-17(23(18)15-6-7-15)13-8-10-19-11-9-13/h8-11,14-15H,1-7,12H2,(H,20,24). The monoisotopic (exact) mass is 357 g/mol. The number of hydrogen-bond acceptors (Lipinski definition) is 5. The van der Waals surface area contributed by atoms with E-state index in [1.54, 1.807) is 12.4 Å². The van der Waals surface area contributed by atoms with Crippen molar-refractivity contribution in [2.24, 2.45) is 0 Å². The normalized spacial score (nSPS) is 18.2. The van der Waals surface area contributed by atoms with Crippen molar-refractivity contribution in [1.29, 1.82) is 0 Å². The molecule has 1 N–H and O–H groups in total. The molecule has 0 radical (unpaired) electrons. The Bertz CT molecular complexity index is 722. The molecule has 0 bridgehead atoms. The van der Waals surface area contributed by atoms with Crippen molar-refractivity contribution in [1.82, 2.24) is 25.1 Å². The number of carbonyl (C=O) groups excluding carboxylic acids is 1. The predicted octanol–water partition coefficient (Wildman–Crippen LogP) is 3.22. The van der Waals surface area contributed by atoms with Gasteiger partial charge in [0.1, 0.15) is 0 Å². The number of aromatic nitrogens is 4. The summed E-state index contributed by atoms with van der Waals surface area (Å²) in [6, 6.07) is 4.72. The van der Waals surface area contributed by atoms with Crippen LogP contribution in [0.4, 0.5) is 0 Å². The molecule has 2 aliphatic carbocycles. The van der Waals surface area contributed by atoms with Crippen LogP contribution in [0.1, 0.15) is 51.0 Å². The molecule has 0 atom stereocenters. The van der Waals surface area contributed by atoms with E-state index >= 15 is 0 Å². The maximum absolute atomic E-state index is 12.3. The van der Waals surface area contributed by atoms with E-state index in [9.17, 15) is 4.79 Å². The van der Waals surface area contributed by atoms with Gasteiger partial charge in [0.15, 0.2) is 11.0 Å². The second-order valence-corrected chi connectivity index (χ2v) is 7.78. The van der Waals surface area contributed by atoms with E-state index < -0.39 is 0 Å². The Balaban J connectivity index is 1.42. The Labute approximate surface area is 151 Å². The highest BCUT2D eigenvalue weighted by Crippen LogP contribution is 2.40. The summed E-state index contributed by atoms with van der Waals surface area (Å²) in [4.78, 5) is 16.3. The average Bonchev–Trinajstić information content (AvgIpc) is 3.40. The minimum absolute atomic E-state index is 0.104. The number of pyridine rings is 1. The Morgan fingerprint density at radius 1 is 1.12 bits per heavy atom. The van der Waals surface area contributed by atoms with Gasteiger partial charge in [0.05, 0.1) is 5.75 Å². The molecule has 0 spiro atoms. The van der Waals surface area contributed by atoms with E-state index in [2.05, 4.69) is 25.1 Å². The van der Waals surface area contributed by atoms with Crippen molar-refractivity contribution < 1.29 is 4.79 Å².